The van der Waals surface area contributed by atoms with E-state index in [0.717, 1.165) is 11.1 Å². The number of nitrogens with zero attached hydrogens (tertiary/aromatic N) is 2. The lowest BCUT2D eigenvalue weighted by atomic mass is 9.99. The van der Waals surface area contributed by atoms with Gasteiger partial charge in [0.2, 0.25) is 10.0 Å². The van der Waals surface area contributed by atoms with Crippen LogP contribution in [-0.2, 0) is 10.0 Å². The molecule has 1 heterocycles. The zero-order chi connectivity index (χ0) is 17.9. The molecule has 0 spiro atoms. The van der Waals surface area contributed by atoms with Gasteiger partial charge >= 0.3 is 0 Å². The third-order valence-electron chi connectivity index (χ3n) is 4.53. The quantitative estimate of drug-likeness (QED) is 0.844. The van der Waals surface area contributed by atoms with Gasteiger partial charge in [0.1, 0.15) is 0 Å². The van der Waals surface area contributed by atoms with E-state index in [4.69, 9.17) is 0 Å². The third-order valence-corrected chi connectivity index (χ3v) is 6.41. The molecule has 2 aromatic rings. The van der Waals surface area contributed by atoms with Gasteiger partial charge in [-0.1, -0.05) is 48.5 Å². The number of piperazine rings is 1. The van der Waals surface area contributed by atoms with Gasteiger partial charge in [-0.25, -0.2) is 8.42 Å². The van der Waals surface area contributed by atoms with E-state index in [9.17, 15) is 13.2 Å². The summed E-state index contributed by atoms with van der Waals surface area (Å²) in [5.74, 6) is 0.0469. The largest absolute Gasteiger partial charge is 0.336 e. The van der Waals surface area contributed by atoms with Gasteiger partial charge in [-0.3, -0.25) is 4.79 Å². The van der Waals surface area contributed by atoms with E-state index in [1.54, 1.807) is 11.8 Å². The van der Waals surface area contributed by atoms with Crippen molar-refractivity contribution in [2.75, 3.05) is 31.9 Å². The first-order valence-electron chi connectivity index (χ1n) is 8.44. The highest BCUT2D eigenvalue weighted by atomic mass is 32.2. The van der Waals surface area contributed by atoms with Crippen molar-refractivity contribution < 1.29 is 13.2 Å². The van der Waals surface area contributed by atoms with E-state index in [2.05, 4.69) is 0 Å². The second kappa shape index (κ2) is 7.37. The average molecular weight is 358 g/mol. The molecule has 132 valence electrons. The van der Waals surface area contributed by atoms with Crippen LogP contribution in [0.15, 0.2) is 54.6 Å². The predicted molar refractivity (Wildman–Crippen MR) is 98.8 cm³/mol. The second-order valence-electron chi connectivity index (χ2n) is 6.00. The Kier molecular flexibility index (Phi) is 5.20. The molecule has 0 radical (unpaired) electrons. The molecule has 2 aromatic carbocycles. The fourth-order valence-electron chi connectivity index (χ4n) is 3.06. The number of sulfonamides is 1. The monoisotopic (exact) mass is 358 g/mol. The molecule has 0 unspecified atom stereocenters. The SMILES string of the molecule is CCS(=O)(=O)N1CCN(C(=O)c2ccccc2-c2ccccc2)CC1. The standard InChI is InChI=1S/C19H22N2O3S/c1-2-25(23,24)21-14-12-20(13-15-21)19(22)18-11-7-6-10-17(18)16-8-4-3-5-9-16/h3-11H,2,12-15H2,1H3. The van der Waals surface area contributed by atoms with Gasteiger partial charge in [-0.2, -0.15) is 4.31 Å². The molecule has 0 atom stereocenters. The van der Waals surface area contributed by atoms with Crippen LogP contribution in [0.25, 0.3) is 11.1 Å². The van der Waals surface area contributed by atoms with Gasteiger partial charge in [0.25, 0.3) is 5.91 Å². The molecule has 0 aliphatic carbocycles. The molecule has 1 aliphatic rings. The molecule has 5 nitrogen and oxygen atoms in total. The van der Waals surface area contributed by atoms with Crippen molar-refractivity contribution in [2.45, 2.75) is 6.92 Å². The summed E-state index contributed by atoms with van der Waals surface area (Å²) in [6.45, 7) is 3.19. The van der Waals surface area contributed by atoms with Crippen LogP contribution in [0.1, 0.15) is 17.3 Å². The summed E-state index contributed by atoms with van der Waals surface area (Å²) in [7, 11) is -3.19. The van der Waals surface area contributed by atoms with Crippen LogP contribution in [0.4, 0.5) is 0 Å². The maximum atomic E-state index is 13.0. The Hall–Kier alpha value is -2.18. The first kappa shape index (κ1) is 17.6. The van der Waals surface area contributed by atoms with Crippen molar-refractivity contribution in [2.24, 2.45) is 0 Å². The first-order valence-corrected chi connectivity index (χ1v) is 10.1. The van der Waals surface area contributed by atoms with E-state index < -0.39 is 10.0 Å². The fraction of sp³-hybridized carbons (Fsp3) is 0.316. The summed E-state index contributed by atoms with van der Waals surface area (Å²) in [6, 6.07) is 17.4. The molecule has 1 aliphatic heterocycles. The number of hydrogen-bond donors (Lipinski definition) is 0. The van der Waals surface area contributed by atoms with E-state index >= 15 is 0 Å². The second-order valence-corrected chi connectivity index (χ2v) is 8.26. The Balaban J connectivity index is 1.80. The molecular formula is C19H22N2O3S. The van der Waals surface area contributed by atoms with Crippen molar-refractivity contribution in [3.8, 4) is 11.1 Å². The number of carbonyl (C=O) groups excluding carboxylic acids is 1. The Bertz CT molecular complexity index is 842. The molecule has 0 bridgehead atoms. The lowest BCUT2D eigenvalue weighted by Crippen LogP contribution is -2.50. The number of rotatable bonds is 4. The molecule has 3 rings (SSSR count). The Morgan fingerprint density at radius 3 is 2.16 bits per heavy atom. The molecule has 1 fully saturated rings. The Morgan fingerprint density at radius 2 is 1.52 bits per heavy atom. The third kappa shape index (κ3) is 3.75. The Labute approximate surface area is 148 Å². The molecule has 1 saturated heterocycles. The van der Waals surface area contributed by atoms with Crippen LogP contribution in [0.3, 0.4) is 0 Å². The van der Waals surface area contributed by atoms with Crippen LogP contribution >= 0.6 is 0 Å². The number of carbonyl (C=O) groups is 1. The summed E-state index contributed by atoms with van der Waals surface area (Å²) >= 11 is 0. The summed E-state index contributed by atoms with van der Waals surface area (Å²) < 4.78 is 25.4. The number of hydrogen-bond acceptors (Lipinski definition) is 3. The van der Waals surface area contributed by atoms with Crippen molar-refractivity contribution in [1.29, 1.82) is 0 Å². The highest BCUT2D eigenvalue weighted by molar-refractivity contribution is 7.89. The zero-order valence-corrected chi connectivity index (χ0v) is 15.1. The van der Waals surface area contributed by atoms with Crippen molar-refractivity contribution >= 4 is 15.9 Å². The molecule has 0 N–H and O–H groups in total. The smallest absolute Gasteiger partial charge is 0.254 e. The molecule has 0 saturated carbocycles. The lowest BCUT2D eigenvalue weighted by molar-refractivity contribution is 0.0699. The topological polar surface area (TPSA) is 57.7 Å². The van der Waals surface area contributed by atoms with Gasteiger partial charge in [0, 0.05) is 31.7 Å². The van der Waals surface area contributed by atoms with Gasteiger partial charge in [-0.05, 0) is 24.1 Å². The number of benzene rings is 2. The predicted octanol–water partition coefficient (Wildman–Crippen LogP) is 2.46. The van der Waals surface area contributed by atoms with Crippen LogP contribution in [0, 0.1) is 0 Å². The lowest BCUT2D eigenvalue weighted by Gasteiger charge is -2.34. The van der Waals surface area contributed by atoms with Crippen LogP contribution in [-0.4, -0.2) is 55.5 Å². The average Bonchev–Trinajstić information content (AvgIpc) is 2.68. The van der Waals surface area contributed by atoms with E-state index in [0.29, 0.717) is 31.7 Å². The van der Waals surface area contributed by atoms with Crippen LogP contribution < -0.4 is 0 Å². The van der Waals surface area contributed by atoms with Crippen LogP contribution in [0.2, 0.25) is 0 Å². The summed E-state index contributed by atoms with van der Waals surface area (Å²) in [5.41, 5.74) is 2.55. The molecule has 25 heavy (non-hydrogen) atoms. The Morgan fingerprint density at radius 1 is 0.920 bits per heavy atom. The summed E-state index contributed by atoms with van der Waals surface area (Å²) in [6.07, 6.45) is 0. The number of amides is 1. The molecule has 1 amide bonds. The minimum atomic E-state index is -3.19. The minimum absolute atomic E-state index is 0.0481. The van der Waals surface area contributed by atoms with Crippen LogP contribution in [0.5, 0.6) is 0 Å². The highest BCUT2D eigenvalue weighted by Gasteiger charge is 2.28. The summed E-state index contributed by atoms with van der Waals surface area (Å²) in [4.78, 5) is 14.7. The first-order chi connectivity index (χ1) is 12.0. The summed E-state index contributed by atoms with van der Waals surface area (Å²) in [5, 5.41) is 0. The van der Waals surface area contributed by atoms with Crippen molar-refractivity contribution in [1.82, 2.24) is 9.21 Å². The maximum absolute atomic E-state index is 13.0. The zero-order valence-electron chi connectivity index (χ0n) is 14.3. The van der Waals surface area contributed by atoms with Gasteiger partial charge in [0.15, 0.2) is 0 Å². The van der Waals surface area contributed by atoms with E-state index in [-0.39, 0.29) is 11.7 Å². The van der Waals surface area contributed by atoms with Gasteiger partial charge in [-0.15, -0.1) is 0 Å². The van der Waals surface area contributed by atoms with E-state index in [1.807, 2.05) is 54.6 Å². The normalized spacial score (nSPS) is 16.0. The molecular weight excluding hydrogens is 336 g/mol. The van der Waals surface area contributed by atoms with Crippen molar-refractivity contribution in [3.05, 3.63) is 60.2 Å². The van der Waals surface area contributed by atoms with Gasteiger partial charge in [0.05, 0.1) is 5.75 Å². The molecule has 0 aromatic heterocycles. The molecule has 6 heteroatoms. The van der Waals surface area contributed by atoms with E-state index in [1.165, 1.54) is 4.31 Å². The minimum Gasteiger partial charge on any atom is -0.336 e. The fourth-order valence-corrected chi connectivity index (χ4v) is 4.15. The maximum Gasteiger partial charge on any atom is 0.254 e. The highest BCUT2D eigenvalue weighted by Crippen LogP contribution is 2.25. The van der Waals surface area contributed by atoms with Crippen molar-refractivity contribution in [3.63, 3.8) is 0 Å². The van der Waals surface area contributed by atoms with Gasteiger partial charge < -0.3 is 4.90 Å².